The van der Waals surface area contributed by atoms with Crippen molar-refractivity contribution in [2.75, 3.05) is 11.0 Å². The summed E-state index contributed by atoms with van der Waals surface area (Å²) in [6.45, 7) is 1.17. The lowest BCUT2D eigenvalue weighted by molar-refractivity contribution is 0.305. The largest absolute Gasteiger partial charge is 0.300 e. The third-order valence-corrected chi connectivity index (χ3v) is 5.12. The van der Waals surface area contributed by atoms with Gasteiger partial charge >= 0.3 is 0 Å². The Morgan fingerprint density at radius 1 is 0.938 bits per heavy atom. The fraction of sp³-hybridized carbons (Fsp3) is 1.00. The minimum atomic E-state index is 0.609. The fourth-order valence-corrected chi connectivity index (χ4v) is 3.61. The van der Waals surface area contributed by atoms with Crippen molar-refractivity contribution in [3.8, 4) is 0 Å². The van der Waals surface area contributed by atoms with E-state index in [-0.39, 0.29) is 0 Å². The van der Waals surface area contributed by atoms with Crippen molar-refractivity contribution < 1.29 is 0 Å². The van der Waals surface area contributed by atoms with Gasteiger partial charge in [0.15, 0.2) is 0 Å². The van der Waals surface area contributed by atoms with Crippen molar-refractivity contribution in [2.24, 2.45) is 5.92 Å². The van der Waals surface area contributed by atoms with Crippen LogP contribution < -0.4 is 10.6 Å². The van der Waals surface area contributed by atoms with Crippen molar-refractivity contribution >= 4 is 22.6 Å². The number of hydrogen-bond donors (Lipinski definition) is 2. The van der Waals surface area contributed by atoms with Gasteiger partial charge in [0.05, 0.1) is 6.17 Å². The first kappa shape index (κ1) is 13.1. The minimum absolute atomic E-state index is 0.609. The van der Waals surface area contributed by atoms with E-state index in [2.05, 4.69) is 33.2 Å². The van der Waals surface area contributed by atoms with Gasteiger partial charge in [-0.2, -0.15) is 0 Å². The summed E-state index contributed by atoms with van der Waals surface area (Å²) in [5.41, 5.74) is 0. The quantitative estimate of drug-likeness (QED) is 0.598. The maximum atomic E-state index is 3.76. The molecule has 2 N–H and O–H groups in total. The number of alkyl halides is 1. The lowest BCUT2D eigenvalue weighted by atomic mass is 9.94. The van der Waals surface area contributed by atoms with Crippen LogP contribution in [0.4, 0.5) is 0 Å². The first-order valence-corrected chi connectivity index (χ1v) is 8.48. The summed E-state index contributed by atoms with van der Waals surface area (Å²) in [5.74, 6) is 0.881. The average molecular weight is 336 g/mol. The molecule has 0 aromatic heterocycles. The van der Waals surface area contributed by atoms with E-state index < -0.39 is 0 Å². The molecular formula is C13H25IN2. The summed E-state index contributed by atoms with van der Waals surface area (Å²) >= 11 is 2.49. The molecule has 2 nitrogen and oxygen atoms in total. The summed E-state index contributed by atoms with van der Waals surface area (Å²) < 4.78 is 1.23. The molecule has 0 amide bonds. The molecule has 1 saturated heterocycles. The van der Waals surface area contributed by atoms with Crippen molar-refractivity contribution in [1.82, 2.24) is 10.6 Å². The van der Waals surface area contributed by atoms with Gasteiger partial charge in [-0.1, -0.05) is 61.1 Å². The van der Waals surface area contributed by atoms with E-state index >= 15 is 0 Å². The Morgan fingerprint density at radius 2 is 1.56 bits per heavy atom. The Balaban J connectivity index is 1.81. The van der Waals surface area contributed by atoms with Gasteiger partial charge in [0, 0.05) is 17.0 Å². The zero-order chi connectivity index (χ0) is 11.2. The van der Waals surface area contributed by atoms with Crippen molar-refractivity contribution in [3.05, 3.63) is 0 Å². The molecule has 2 rings (SSSR count). The minimum Gasteiger partial charge on any atom is -0.300 e. The third-order valence-electron chi connectivity index (χ3n) is 4.06. The summed E-state index contributed by atoms with van der Waals surface area (Å²) in [7, 11) is 0. The molecule has 16 heavy (non-hydrogen) atoms. The molecule has 2 fully saturated rings. The second-order valence-electron chi connectivity index (χ2n) is 5.36. The molecule has 2 unspecified atom stereocenters. The van der Waals surface area contributed by atoms with Gasteiger partial charge in [-0.15, -0.1) is 0 Å². The highest BCUT2D eigenvalue weighted by Gasteiger charge is 2.28. The molecule has 94 valence electrons. The maximum absolute atomic E-state index is 3.76. The monoisotopic (exact) mass is 336 g/mol. The molecule has 0 aromatic rings. The Bertz CT molecular complexity index is 188. The van der Waals surface area contributed by atoms with Crippen LogP contribution in [0, 0.1) is 5.92 Å². The van der Waals surface area contributed by atoms with Gasteiger partial charge in [-0.05, 0) is 18.8 Å². The van der Waals surface area contributed by atoms with Crippen LogP contribution in [0.15, 0.2) is 0 Å². The van der Waals surface area contributed by atoms with Gasteiger partial charge in [0.25, 0.3) is 0 Å². The molecule has 2 atom stereocenters. The highest BCUT2D eigenvalue weighted by molar-refractivity contribution is 14.1. The van der Waals surface area contributed by atoms with E-state index in [0.29, 0.717) is 12.2 Å². The third kappa shape index (κ3) is 3.84. The van der Waals surface area contributed by atoms with E-state index in [9.17, 15) is 0 Å². The molecule has 1 aliphatic carbocycles. The van der Waals surface area contributed by atoms with Crippen LogP contribution >= 0.6 is 22.6 Å². The van der Waals surface area contributed by atoms with Crippen LogP contribution in [0.1, 0.15) is 51.4 Å². The standard InChI is InChI=1S/C13H25IN2/c14-9-12-10-15-13(16-12)11-7-5-3-1-2-4-6-8-11/h11-13,15-16H,1-10H2. The van der Waals surface area contributed by atoms with Crippen molar-refractivity contribution in [3.63, 3.8) is 0 Å². The van der Waals surface area contributed by atoms with Crippen LogP contribution in [0.25, 0.3) is 0 Å². The number of halogens is 1. The first-order chi connectivity index (χ1) is 7.90. The highest BCUT2D eigenvalue weighted by atomic mass is 127. The maximum Gasteiger partial charge on any atom is 0.0604 e. The van der Waals surface area contributed by atoms with E-state index in [1.54, 1.807) is 0 Å². The zero-order valence-corrected chi connectivity index (χ0v) is 12.3. The topological polar surface area (TPSA) is 24.1 Å². The molecular weight excluding hydrogens is 311 g/mol. The number of nitrogens with one attached hydrogen (secondary N) is 2. The average Bonchev–Trinajstić information content (AvgIpc) is 2.81. The number of hydrogen-bond acceptors (Lipinski definition) is 2. The van der Waals surface area contributed by atoms with Crippen LogP contribution in [0.3, 0.4) is 0 Å². The lowest BCUT2D eigenvalue weighted by Crippen LogP contribution is -2.40. The van der Waals surface area contributed by atoms with E-state index in [4.69, 9.17) is 0 Å². The molecule has 0 bridgehead atoms. The molecule has 2 aliphatic rings. The van der Waals surface area contributed by atoms with Crippen molar-refractivity contribution in [1.29, 1.82) is 0 Å². The van der Waals surface area contributed by atoms with Gasteiger partial charge in [-0.25, -0.2) is 0 Å². The molecule has 0 aromatic carbocycles. The molecule has 1 aliphatic heterocycles. The Morgan fingerprint density at radius 3 is 2.12 bits per heavy atom. The molecule has 0 radical (unpaired) electrons. The van der Waals surface area contributed by atoms with Crippen LogP contribution in [-0.4, -0.2) is 23.2 Å². The normalized spacial score (nSPS) is 34.3. The summed E-state index contributed by atoms with van der Waals surface area (Å²) in [6.07, 6.45) is 12.2. The molecule has 0 spiro atoms. The predicted molar refractivity (Wildman–Crippen MR) is 78.0 cm³/mol. The second kappa shape index (κ2) is 7.17. The summed E-state index contributed by atoms with van der Waals surface area (Å²) in [5, 5.41) is 7.44. The predicted octanol–water partition coefficient (Wildman–Crippen LogP) is 3.06. The van der Waals surface area contributed by atoms with Gasteiger partial charge in [-0.3, -0.25) is 5.32 Å². The second-order valence-corrected chi connectivity index (χ2v) is 6.24. The van der Waals surface area contributed by atoms with E-state index in [1.807, 2.05) is 0 Å². The molecule has 1 heterocycles. The Hall–Kier alpha value is 0.650. The zero-order valence-electron chi connectivity index (χ0n) is 10.2. The lowest BCUT2D eigenvalue weighted by Gasteiger charge is -2.24. The summed E-state index contributed by atoms with van der Waals surface area (Å²) in [4.78, 5) is 0. The smallest absolute Gasteiger partial charge is 0.0604 e. The van der Waals surface area contributed by atoms with Crippen LogP contribution in [-0.2, 0) is 0 Å². The van der Waals surface area contributed by atoms with Gasteiger partial charge in [0.2, 0.25) is 0 Å². The van der Waals surface area contributed by atoms with E-state index in [0.717, 1.165) is 5.92 Å². The van der Waals surface area contributed by atoms with Crippen LogP contribution in [0.2, 0.25) is 0 Å². The first-order valence-electron chi connectivity index (χ1n) is 6.95. The SMILES string of the molecule is ICC1CNC(C2CCCCCCCC2)N1. The van der Waals surface area contributed by atoms with E-state index in [1.165, 1.54) is 62.3 Å². The Kier molecular flexibility index (Phi) is 5.86. The van der Waals surface area contributed by atoms with Crippen molar-refractivity contribution in [2.45, 2.75) is 63.6 Å². The number of rotatable bonds is 2. The highest BCUT2D eigenvalue weighted by Crippen LogP contribution is 2.25. The Labute approximate surface area is 113 Å². The molecule has 1 saturated carbocycles. The van der Waals surface area contributed by atoms with Crippen LogP contribution in [0.5, 0.6) is 0 Å². The molecule has 3 heteroatoms. The fourth-order valence-electron chi connectivity index (χ4n) is 3.04. The van der Waals surface area contributed by atoms with Gasteiger partial charge in [0.1, 0.15) is 0 Å². The van der Waals surface area contributed by atoms with Gasteiger partial charge < -0.3 is 5.32 Å². The summed E-state index contributed by atoms with van der Waals surface area (Å²) in [6, 6.07) is 0.707.